The molecule has 0 fully saturated rings. The summed E-state index contributed by atoms with van der Waals surface area (Å²) in [7, 11) is 0. The molecule has 76 valence electrons. The molecule has 5 nitrogen and oxygen atoms in total. The number of nitrogens with zero attached hydrogens (tertiary/aromatic N) is 4. The third-order valence-electron chi connectivity index (χ3n) is 2.01. The minimum Gasteiger partial charge on any atom is -0.303 e. The monoisotopic (exact) mass is 202 g/mol. The van der Waals surface area contributed by atoms with Crippen LogP contribution in [0.15, 0.2) is 31.0 Å². The molecule has 0 aromatic carbocycles. The van der Waals surface area contributed by atoms with Crippen molar-refractivity contribution in [2.75, 3.05) is 0 Å². The first kappa shape index (κ1) is 9.51. The molecule has 0 radical (unpaired) electrons. The van der Waals surface area contributed by atoms with E-state index in [-0.39, 0.29) is 0 Å². The van der Waals surface area contributed by atoms with Crippen molar-refractivity contribution >= 4 is 6.29 Å². The van der Waals surface area contributed by atoms with Crippen LogP contribution < -0.4 is 0 Å². The van der Waals surface area contributed by atoms with Crippen LogP contribution in [0.4, 0.5) is 0 Å². The van der Waals surface area contributed by atoms with Gasteiger partial charge in [0.2, 0.25) is 0 Å². The van der Waals surface area contributed by atoms with Gasteiger partial charge in [0.15, 0.2) is 5.82 Å². The van der Waals surface area contributed by atoms with E-state index in [9.17, 15) is 4.79 Å². The summed E-state index contributed by atoms with van der Waals surface area (Å²) in [6.45, 7) is 0. The highest BCUT2D eigenvalue weighted by Crippen LogP contribution is 2.05. The fourth-order valence-corrected chi connectivity index (χ4v) is 1.25. The minimum atomic E-state index is 0.532. The summed E-state index contributed by atoms with van der Waals surface area (Å²) in [6, 6.07) is 3.79. The van der Waals surface area contributed by atoms with Crippen molar-refractivity contribution in [3.63, 3.8) is 0 Å². The van der Waals surface area contributed by atoms with Gasteiger partial charge >= 0.3 is 0 Å². The summed E-state index contributed by atoms with van der Waals surface area (Å²) in [4.78, 5) is 18.2. The Bertz CT molecular complexity index is 421. The molecule has 0 N–H and O–H groups in total. The Balaban J connectivity index is 2.14. The summed E-state index contributed by atoms with van der Waals surface area (Å²) in [5.41, 5.74) is 1.05. The van der Waals surface area contributed by atoms with Gasteiger partial charge in [-0.2, -0.15) is 5.10 Å². The van der Waals surface area contributed by atoms with Gasteiger partial charge in [0.25, 0.3) is 0 Å². The van der Waals surface area contributed by atoms with Crippen molar-refractivity contribution in [2.45, 2.75) is 12.8 Å². The summed E-state index contributed by atoms with van der Waals surface area (Å²) < 4.78 is 1.59. The second-order valence-corrected chi connectivity index (χ2v) is 3.07. The van der Waals surface area contributed by atoms with Gasteiger partial charge in [-0.3, -0.25) is 0 Å². The van der Waals surface area contributed by atoms with Gasteiger partial charge in [-0.25, -0.2) is 14.6 Å². The maximum absolute atomic E-state index is 10.2. The summed E-state index contributed by atoms with van der Waals surface area (Å²) in [5, 5.41) is 3.97. The molecule has 15 heavy (non-hydrogen) atoms. The van der Waals surface area contributed by atoms with Gasteiger partial charge < -0.3 is 4.79 Å². The fraction of sp³-hybridized carbons (Fsp3) is 0.200. The highest BCUT2D eigenvalue weighted by molar-refractivity contribution is 5.50. The average Bonchev–Trinajstić information content (AvgIpc) is 2.80. The van der Waals surface area contributed by atoms with E-state index in [1.165, 1.54) is 6.33 Å². The van der Waals surface area contributed by atoms with Crippen LogP contribution in [-0.4, -0.2) is 26.0 Å². The summed E-state index contributed by atoms with van der Waals surface area (Å²) in [6.07, 6.45) is 6.97. The van der Waals surface area contributed by atoms with Crippen molar-refractivity contribution in [1.29, 1.82) is 0 Å². The van der Waals surface area contributed by atoms with E-state index in [0.29, 0.717) is 6.42 Å². The predicted octanol–water partition coefficient (Wildman–Crippen LogP) is 0.794. The van der Waals surface area contributed by atoms with E-state index in [1.54, 1.807) is 17.2 Å². The Morgan fingerprint density at radius 3 is 2.93 bits per heavy atom. The zero-order valence-corrected chi connectivity index (χ0v) is 8.08. The number of aldehydes is 1. The first-order chi connectivity index (χ1) is 7.40. The molecule has 0 amide bonds. The number of hydrogen-bond donors (Lipinski definition) is 0. The van der Waals surface area contributed by atoms with Crippen molar-refractivity contribution in [1.82, 2.24) is 19.7 Å². The number of hydrogen-bond acceptors (Lipinski definition) is 4. The number of aryl methyl sites for hydroxylation is 1. The number of rotatable bonds is 4. The van der Waals surface area contributed by atoms with Crippen LogP contribution in [0.5, 0.6) is 0 Å². The van der Waals surface area contributed by atoms with Crippen molar-refractivity contribution < 1.29 is 4.79 Å². The molecular formula is C10H10N4O. The first-order valence-corrected chi connectivity index (χ1v) is 4.64. The molecule has 0 aliphatic rings. The van der Waals surface area contributed by atoms with Crippen LogP contribution in [0.2, 0.25) is 0 Å². The van der Waals surface area contributed by atoms with Crippen molar-refractivity contribution in [3.8, 4) is 5.82 Å². The lowest BCUT2D eigenvalue weighted by molar-refractivity contribution is -0.107. The molecule has 0 saturated carbocycles. The number of pyridine rings is 1. The smallest absolute Gasteiger partial charge is 0.155 e. The van der Waals surface area contributed by atoms with Crippen LogP contribution in [0.3, 0.4) is 0 Å². The van der Waals surface area contributed by atoms with Crippen molar-refractivity contribution in [2.24, 2.45) is 0 Å². The molecule has 0 unspecified atom stereocenters. The molecule has 0 spiro atoms. The van der Waals surface area contributed by atoms with E-state index >= 15 is 0 Å². The Labute approximate surface area is 86.8 Å². The van der Waals surface area contributed by atoms with E-state index in [4.69, 9.17) is 0 Å². The molecule has 2 heterocycles. The SMILES string of the molecule is O=CCCc1ccc(-n2cncn2)nc1. The Morgan fingerprint density at radius 2 is 2.33 bits per heavy atom. The third kappa shape index (κ3) is 2.25. The summed E-state index contributed by atoms with van der Waals surface area (Å²) in [5.74, 6) is 0.724. The third-order valence-corrected chi connectivity index (χ3v) is 2.01. The fourth-order valence-electron chi connectivity index (χ4n) is 1.25. The normalized spacial score (nSPS) is 10.1. The van der Waals surface area contributed by atoms with E-state index in [1.807, 2.05) is 12.1 Å². The Hall–Kier alpha value is -2.04. The maximum atomic E-state index is 10.2. The lowest BCUT2D eigenvalue weighted by Crippen LogP contribution is -1.98. The zero-order valence-electron chi connectivity index (χ0n) is 8.08. The van der Waals surface area contributed by atoms with Crippen LogP contribution in [0, 0.1) is 0 Å². The Morgan fingerprint density at radius 1 is 1.40 bits per heavy atom. The Kier molecular flexibility index (Phi) is 2.82. The molecule has 2 aromatic rings. The van der Waals surface area contributed by atoms with Crippen LogP contribution >= 0.6 is 0 Å². The molecule has 0 aliphatic heterocycles. The topological polar surface area (TPSA) is 60.7 Å². The van der Waals surface area contributed by atoms with Gasteiger partial charge in [0.05, 0.1) is 0 Å². The van der Waals surface area contributed by atoms with Crippen LogP contribution in [0.25, 0.3) is 5.82 Å². The highest BCUT2D eigenvalue weighted by Gasteiger charge is 1.98. The molecule has 2 rings (SSSR count). The molecule has 0 atom stereocenters. The lowest BCUT2D eigenvalue weighted by Gasteiger charge is -2.00. The molecule has 5 heteroatoms. The zero-order chi connectivity index (χ0) is 10.5. The molecular weight excluding hydrogens is 192 g/mol. The van der Waals surface area contributed by atoms with Gasteiger partial charge in [-0.1, -0.05) is 6.07 Å². The van der Waals surface area contributed by atoms with Crippen molar-refractivity contribution in [3.05, 3.63) is 36.5 Å². The highest BCUT2D eigenvalue weighted by atomic mass is 16.1. The number of aromatic nitrogens is 4. The standard InChI is InChI=1S/C10H10N4O/c15-5-1-2-9-3-4-10(12-6-9)14-8-11-7-13-14/h3-8H,1-2H2. The van der Waals surface area contributed by atoms with Crippen LogP contribution in [-0.2, 0) is 11.2 Å². The van der Waals surface area contributed by atoms with Gasteiger partial charge in [0.1, 0.15) is 18.9 Å². The van der Waals surface area contributed by atoms with Crippen LogP contribution in [0.1, 0.15) is 12.0 Å². The molecule has 0 bridgehead atoms. The lowest BCUT2D eigenvalue weighted by atomic mass is 10.2. The van der Waals surface area contributed by atoms with Gasteiger partial charge in [-0.05, 0) is 18.1 Å². The second-order valence-electron chi connectivity index (χ2n) is 3.07. The van der Waals surface area contributed by atoms with E-state index < -0.39 is 0 Å². The predicted molar refractivity (Wildman–Crippen MR) is 53.5 cm³/mol. The molecule has 2 aromatic heterocycles. The largest absolute Gasteiger partial charge is 0.303 e. The van der Waals surface area contributed by atoms with E-state index in [2.05, 4.69) is 15.1 Å². The van der Waals surface area contributed by atoms with E-state index in [0.717, 1.165) is 24.1 Å². The van der Waals surface area contributed by atoms with Gasteiger partial charge in [-0.15, -0.1) is 0 Å². The number of carbonyl (C=O) groups is 1. The average molecular weight is 202 g/mol. The quantitative estimate of drug-likeness (QED) is 0.688. The minimum absolute atomic E-state index is 0.532. The summed E-state index contributed by atoms with van der Waals surface area (Å²) >= 11 is 0. The molecule has 0 saturated heterocycles. The second kappa shape index (κ2) is 4.45. The van der Waals surface area contributed by atoms with Gasteiger partial charge in [0, 0.05) is 12.6 Å². The molecule has 0 aliphatic carbocycles. The maximum Gasteiger partial charge on any atom is 0.155 e. The number of carbonyl (C=O) groups excluding carboxylic acids is 1. The first-order valence-electron chi connectivity index (χ1n) is 4.64.